The minimum atomic E-state index is 0.397. The Morgan fingerprint density at radius 2 is 2.24 bits per heavy atom. The van der Waals surface area contributed by atoms with E-state index in [1.807, 2.05) is 0 Å². The first-order valence-corrected chi connectivity index (χ1v) is 7.35. The third-order valence-electron chi connectivity index (χ3n) is 4.44. The monoisotopic (exact) mass is 234 g/mol. The maximum Gasteiger partial charge on any atom is 0.158 e. The lowest BCUT2D eigenvalue weighted by atomic mass is 9.72. The minimum Gasteiger partial charge on any atom is -0.295 e. The molecule has 1 atom stereocenters. The molecule has 0 heterocycles. The molecule has 0 spiro atoms. The number of allylic oxidation sites excluding steroid dienone is 2. The van der Waals surface area contributed by atoms with Crippen molar-refractivity contribution in [2.75, 3.05) is 0 Å². The van der Waals surface area contributed by atoms with E-state index >= 15 is 0 Å². The average molecular weight is 234 g/mol. The van der Waals surface area contributed by atoms with Crippen LogP contribution in [0.15, 0.2) is 11.6 Å². The van der Waals surface area contributed by atoms with E-state index in [0.29, 0.717) is 11.2 Å². The van der Waals surface area contributed by atoms with Gasteiger partial charge in [-0.25, -0.2) is 0 Å². The van der Waals surface area contributed by atoms with Crippen LogP contribution in [0.1, 0.15) is 71.6 Å². The Kier molecular flexibility index (Phi) is 4.06. The third kappa shape index (κ3) is 3.69. The van der Waals surface area contributed by atoms with Crippen LogP contribution in [0.2, 0.25) is 0 Å². The summed E-state index contributed by atoms with van der Waals surface area (Å²) >= 11 is 0. The summed E-state index contributed by atoms with van der Waals surface area (Å²) in [6.07, 6.45) is 12.8. The quantitative estimate of drug-likeness (QED) is 0.653. The largest absolute Gasteiger partial charge is 0.295 e. The van der Waals surface area contributed by atoms with Crippen molar-refractivity contribution in [3.8, 4) is 0 Å². The molecular formula is C16H26O. The van der Waals surface area contributed by atoms with E-state index in [1.54, 1.807) is 0 Å². The van der Waals surface area contributed by atoms with Gasteiger partial charge in [0.05, 0.1) is 0 Å². The van der Waals surface area contributed by atoms with Gasteiger partial charge in [-0.1, -0.05) is 39.2 Å². The molecule has 1 saturated carbocycles. The summed E-state index contributed by atoms with van der Waals surface area (Å²) < 4.78 is 0. The Balaban J connectivity index is 1.86. The van der Waals surface area contributed by atoms with Crippen LogP contribution in [0.25, 0.3) is 0 Å². The lowest BCUT2D eigenvalue weighted by molar-refractivity contribution is -0.116. The van der Waals surface area contributed by atoms with Crippen molar-refractivity contribution in [1.29, 1.82) is 0 Å². The Hall–Kier alpha value is -0.590. The Bertz CT molecular complexity index is 311. The second-order valence-corrected chi connectivity index (χ2v) is 6.41. The molecule has 17 heavy (non-hydrogen) atoms. The van der Waals surface area contributed by atoms with Gasteiger partial charge in [-0.15, -0.1) is 0 Å². The van der Waals surface area contributed by atoms with Crippen molar-refractivity contribution in [2.24, 2.45) is 11.3 Å². The molecular weight excluding hydrogens is 208 g/mol. The van der Waals surface area contributed by atoms with Crippen LogP contribution in [-0.2, 0) is 4.79 Å². The normalized spacial score (nSPS) is 28.9. The van der Waals surface area contributed by atoms with E-state index in [2.05, 4.69) is 19.9 Å². The second kappa shape index (κ2) is 5.37. The SMILES string of the molecule is CCCC1(C)CCC=C(C(=O)CCC2CC2)C1. The molecule has 0 aromatic heterocycles. The van der Waals surface area contributed by atoms with Gasteiger partial charge in [0.2, 0.25) is 0 Å². The zero-order valence-electron chi connectivity index (χ0n) is 11.4. The zero-order chi connectivity index (χ0) is 12.3. The fourth-order valence-corrected chi connectivity index (χ4v) is 3.15. The molecule has 0 bridgehead atoms. The molecule has 0 radical (unpaired) electrons. The maximum absolute atomic E-state index is 12.2. The highest BCUT2D eigenvalue weighted by molar-refractivity contribution is 5.95. The smallest absolute Gasteiger partial charge is 0.158 e. The van der Waals surface area contributed by atoms with Crippen LogP contribution in [0, 0.1) is 11.3 Å². The fraction of sp³-hybridized carbons (Fsp3) is 0.812. The Labute approximate surface area is 106 Å². The van der Waals surface area contributed by atoms with E-state index in [9.17, 15) is 4.79 Å². The predicted molar refractivity (Wildman–Crippen MR) is 71.9 cm³/mol. The summed E-state index contributed by atoms with van der Waals surface area (Å²) in [7, 11) is 0. The summed E-state index contributed by atoms with van der Waals surface area (Å²) in [5.41, 5.74) is 1.54. The first kappa shape index (κ1) is 12.9. The van der Waals surface area contributed by atoms with Crippen molar-refractivity contribution < 1.29 is 4.79 Å². The first-order valence-electron chi connectivity index (χ1n) is 7.35. The fourth-order valence-electron chi connectivity index (χ4n) is 3.15. The maximum atomic E-state index is 12.2. The molecule has 0 aliphatic heterocycles. The van der Waals surface area contributed by atoms with Crippen LogP contribution < -0.4 is 0 Å². The molecule has 0 aromatic carbocycles. The first-order chi connectivity index (χ1) is 8.13. The van der Waals surface area contributed by atoms with Gasteiger partial charge in [0.25, 0.3) is 0 Å². The van der Waals surface area contributed by atoms with Gasteiger partial charge in [0, 0.05) is 6.42 Å². The molecule has 0 N–H and O–H groups in total. The highest BCUT2D eigenvalue weighted by Crippen LogP contribution is 2.41. The molecule has 96 valence electrons. The summed E-state index contributed by atoms with van der Waals surface area (Å²) in [6, 6.07) is 0. The van der Waals surface area contributed by atoms with E-state index in [4.69, 9.17) is 0 Å². The highest BCUT2D eigenvalue weighted by atomic mass is 16.1. The van der Waals surface area contributed by atoms with Crippen molar-refractivity contribution >= 4 is 5.78 Å². The van der Waals surface area contributed by atoms with E-state index in [-0.39, 0.29) is 0 Å². The van der Waals surface area contributed by atoms with Gasteiger partial charge in [-0.2, -0.15) is 0 Å². The molecule has 1 unspecified atom stereocenters. The topological polar surface area (TPSA) is 17.1 Å². The Morgan fingerprint density at radius 3 is 2.88 bits per heavy atom. The second-order valence-electron chi connectivity index (χ2n) is 6.41. The van der Waals surface area contributed by atoms with Crippen molar-refractivity contribution in [2.45, 2.75) is 71.6 Å². The number of ketones is 1. The Morgan fingerprint density at radius 1 is 1.47 bits per heavy atom. The summed E-state index contributed by atoms with van der Waals surface area (Å²) in [4.78, 5) is 12.2. The van der Waals surface area contributed by atoms with Crippen LogP contribution in [0.3, 0.4) is 0 Å². The van der Waals surface area contributed by atoms with E-state index in [0.717, 1.165) is 37.2 Å². The molecule has 1 nitrogen and oxygen atoms in total. The summed E-state index contributed by atoms with van der Waals surface area (Å²) in [5.74, 6) is 1.32. The summed E-state index contributed by atoms with van der Waals surface area (Å²) in [6.45, 7) is 4.61. The van der Waals surface area contributed by atoms with Crippen LogP contribution in [0.4, 0.5) is 0 Å². The molecule has 0 aromatic rings. The van der Waals surface area contributed by atoms with E-state index in [1.165, 1.54) is 32.1 Å². The number of rotatable bonds is 6. The van der Waals surface area contributed by atoms with Crippen LogP contribution in [0.5, 0.6) is 0 Å². The van der Waals surface area contributed by atoms with Gasteiger partial charge in [0.1, 0.15) is 0 Å². The summed E-state index contributed by atoms with van der Waals surface area (Å²) in [5, 5.41) is 0. The number of carbonyl (C=O) groups excluding carboxylic acids is 1. The van der Waals surface area contributed by atoms with Crippen LogP contribution in [-0.4, -0.2) is 5.78 Å². The third-order valence-corrected chi connectivity index (χ3v) is 4.44. The van der Waals surface area contributed by atoms with Crippen LogP contribution >= 0.6 is 0 Å². The van der Waals surface area contributed by atoms with Gasteiger partial charge >= 0.3 is 0 Å². The highest BCUT2D eigenvalue weighted by Gasteiger charge is 2.30. The zero-order valence-corrected chi connectivity index (χ0v) is 11.4. The van der Waals surface area contributed by atoms with Gasteiger partial charge in [-0.05, 0) is 49.0 Å². The molecule has 2 aliphatic carbocycles. The predicted octanol–water partition coefficient (Wildman–Crippen LogP) is 4.66. The molecule has 1 fully saturated rings. The number of Topliss-reactive ketones (excluding diaryl/α,β-unsaturated/α-hetero) is 1. The van der Waals surface area contributed by atoms with Crippen molar-refractivity contribution in [1.82, 2.24) is 0 Å². The standard InChI is InChI=1S/C16H26O/c1-3-10-16(2)11-4-5-14(12-16)15(17)9-8-13-6-7-13/h5,13H,3-4,6-12H2,1-2H3. The number of carbonyl (C=O) groups is 1. The molecule has 1 heteroatoms. The molecule has 0 saturated heterocycles. The van der Waals surface area contributed by atoms with Gasteiger partial charge in [0.15, 0.2) is 5.78 Å². The lowest BCUT2D eigenvalue weighted by Crippen LogP contribution is -2.23. The minimum absolute atomic E-state index is 0.397. The van der Waals surface area contributed by atoms with Crippen molar-refractivity contribution in [3.05, 3.63) is 11.6 Å². The number of hydrogen-bond donors (Lipinski definition) is 0. The molecule has 2 aliphatic rings. The van der Waals surface area contributed by atoms with Gasteiger partial charge in [-0.3, -0.25) is 4.79 Å². The molecule has 2 rings (SSSR count). The lowest BCUT2D eigenvalue weighted by Gasteiger charge is -2.33. The van der Waals surface area contributed by atoms with E-state index < -0.39 is 0 Å². The van der Waals surface area contributed by atoms with Crippen molar-refractivity contribution in [3.63, 3.8) is 0 Å². The average Bonchev–Trinajstić information content (AvgIpc) is 3.09. The van der Waals surface area contributed by atoms with Gasteiger partial charge < -0.3 is 0 Å². The number of hydrogen-bond acceptors (Lipinski definition) is 1. The molecule has 0 amide bonds.